The van der Waals surface area contributed by atoms with Crippen molar-refractivity contribution >= 4 is 23.1 Å². The first-order chi connectivity index (χ1) is 7.63. The summed E-state index contributed by atoms with van der Waals surface area (Å²) in [6.07, 6.45) is 0.543. The first-order valence-corrected chi connectivity index (χ1v) is 4.57. The van der Waals surface area contributed by atoms with Crippen molar-refractivity contribution in [1.82, 2.24) is 9.55 Å². The van der Waals surface area contributed by atoms with Crippen molar-refractivity contribution in [3.63, 3.8) is 0 Å². The number of anilines is 1. The van der Waals surface area contributed by atoms with E-state index in [0.717, 1.165) is 0 Å². The Hall–Kier alpha value is -2.37. The van der Waals surface area contributed by atoms with E-state index in [1.807, 2.05) is 0 Å². The Balaban J connectivity index is 2.81. The van der Waals surface area contributed by atoms with Gasteiger partial charge >= 0.3 is 11.1 Å². The molecule has 0 atom stereocenters. The standard InChI is InChI=1S/C10H9N3O3/c1-13-8-3-2-6(11-5-14)4-7(8)12-9(15)10(13)16/h2-5H,1H3,(H,11,14)(H,12,15). The zero-order valence-electron chi connectivity index (χ0n) is 8.48. The highest BCUT2D eigenvalue weighted by Crippen LogP contribution is 2.13. The monoisotopic (exact) mass is 219 g/mol. The fraction of sp³-hybridized carbons (Fsp3) is 0.100. The number of hydrogen-bond acceptors (Lipinski definition) is 3. The van der Waals surface area contributed by atoms with Crippen LogP contribution in [0.2, 0.25) is 0 Å². The number of fused-ring (bicyclic) bond motifs is 1. The molecule has 0 saturated carbocycles. The predicted molar refractivity (Wildman–Crippen MR) is 59.5 cm³/mol. The van der Waals surface area contributed by atoms with E-state index in [0.29, 0.717) is 23.1 Å². The molecule has 2 rings (SSSR count). The number of nitrogens with zero attached hydrogens (tertiary/aromatic N) is 1. The lowest BCUT2D eigenvalue weighted by Gasteiger charge is -2.05. The molecule has 82 valence electrons. The maximum absolute atomic E-state index is 11.3. The van der Waals surface area contributed by atoms with Crippen LogP contribution < -0.4 is 16.4 Å². The van der Waals surface area contributed by atoms with Crippen molar-refractivity contribution in [3.8, 4) is 0 Å². The Morgan fingerprint density at radius 1 is 1.38 bits per heavy atom. The van der Waals surface area contributed by atoms with Crippen LogP contribution in [0.1, 0.15) is 0 Å². The van der Waals surface area contributed by atoms with E-state index in [9.17, 15) is 14.4 Å². The van der Waals surface area contributed by atoms with E-state index in [-0.39, 0.29) is 0 Å². The van der Waals surface area contributed by atoms with E-state index in [1.165, 1.54) is 11.6 Å². The van der Waals surface area contributed by atoms with Crippen LogP contribution in [0.25, 0.3) is 11.0 Å². The fourth-order valence-electron chi connectivity index (χ4n) is 1.52. The molecule has 1 amide bonds. The van der Waals surface area contributed by atoms with Crippen molar-refractivity contribution in [3.05, 3.63) is 38.9 Å². The summed E-state index contributed by atoms with van der Waals surface area (Å²) in [6, 6.07) is 4.89. The molecule has 0 unspecified atom stereocenters. The first-order valence-electron chi connectivity index (χ1n) is 4.57. The van der Waals surface area contributed by atoms with E-state index >= 15 is 0 Å². The van der Waals surface area contributed by atoms with Crippen LogP contribution in [0.3, 0.4) is 0 Å². The average molecular weight is 219 g/mol. The zero-order chi connectivity index (χ0) is 11.7. The van der Waals surface area contributed by atoms with Gasteiger partial charge in [0.05, 0.1) is 11.0 Å². The van der Waals surface area contributed by atoms with Gasteiger partial charge in [-0.2, -0.15) is 0 Å². The van der Waals surface area contributed by atoms with Gasteiger partial charge in [-0.3, -0.25) is 14.4 Å². The molecule has 0 bridgehead atoms. The summed E-state index contributed by atoms with van der Waals surface area (Å²) in [5.74, 6) is 0. The minimum absolute atomic E-state index is 0.499. The number of benzene rings is 1. The molecule has 1 aromatic carbocycles. The van der Waals surface area contributed by atoms with Crippen molar-refractivity contribution in [1.29, 1.82) is 0 Å². The summed E-state index contributed by atoms with van der Waals surface area (Å²) in [4.78, 5) is 35.3. The molecule has 2 aromatic rings. The van der Waals surface area contributed by atoms with Crippen LogP contribution in [0.15, 0.2) is 27.8 Å². The zero-order valence-corrected chi connectivity index (χ0v) is 8.48. The molecule has 1 heterocycles. The Bertz CT molecular complexity index is 669. The van der Waals surface area contributed by atoms with Crippen molar-refractivity contribution in [2.75, 3.05) is 5.32 Å². The molecule has 16 heavy (non-hydrogen) atoms. The molecule has 2 N–H and O–H groups in total. The highest BCUT2D eigenvalue weighted by molar-refractivity contribution is 5.82. The molecule has 0 radical (unpaired) electrons. The molecule has 0 aliphatic rings. The summed E-state index contributed by atoms with van der Waals surface area (Å²) in [7, 11) is 1.52. The van der Waals surface area contributed by atoms with Crippen LogP contribution in [0.4, 0.5) is 5.69 Å². The van der Waals surface area contributed by atoms with Gasteiger partial charge in [0.1, 0.15) is 0 Å². The lowest BCUT2D eigenvalue weighted by atomic mass is 10.2. The Morgan fingerprint density at radius 2 is 2.12 bits per heavy atom. The third-order valence-corrected chi connectivity index (χ3v) is 2.33. The number of aromatic nitrogens is 2. The molecule has 1 aromatic heterocycles. The second kappa shape index (κ2) is 3.65. The first kappa shape index (κ1) is 10.2. The predicted octanol–water partition coefficient (Wildman–Crippen LogP) is -0.205. The lowest BCUT2D eigenvalue weighted by molar-refractivity contribution is -0.105. The summed E-state index contributed by atoms with van der Waals surface area (Å²) in [5.41, 5.74) is 0.360. The van der Waals surface area contributed by atoms with Crippen molar-refractivity contribution in [2.24, 2.45) is 7.05 Å². The third-order valence-electron chi connectivity index (χ3n) is 2.33. The second-order valence-corrected chi connectivity index (χ2v) is 3.31. The van der Waals surface area contributed by atoms with E-state index < -0.39 is 11.1 Å². The molecule has 0 fully saturated rings. The smallest absolute Gasteiger partial charge is 0.316 e. The van der Waals surface area contributed by atoms with Crippen LogP contribution in [-0.4, -0.2) is 16.0 Å². The van der Waals surface area contributed by atoms with E-state index in [1.54, 1.807) is 18.2 Å². The fourth-order valence-corrected chi connectivity index (χ4v) is 1.52. The minimum Gasteiger partial charge on any atom is -0.329 e. The highest BCUT2D eigenvalue weighted by Gasteiger charge is 2.04. The number of H-pyrrole nitrogens is 1. The Labute approximate surface area is 89.5 Å². The number of carbonyl (C=O) groups is 1. The number of carbonyl (C=O) groups excluding carboxylic acids is 1. The van der Waals surface area contributed by atoms with Gasteiger partial charge in [-0.25, -0.2) is 0 Å². The molecular weight excluding hydrogens is 210 g/mol. The van der Waals surface area contributed by atoms with E-state index in [4.69, 9.17) is 0 Å². The third kappa shape index (κ3) is 1.50. The average Bonchev–Trinajstić information content (AvgIpc) is 2.26. The number of aryl methyl sites for hydroxylation is 1. The maximum atomic E-state index is 11.3. The van der Waals surface area contributed by atoms with Gasteiger partial charge in [0, 0.05) is 12.7 Å². The van der Waals surface area contributed by atoms with Gasteiger partial charge in [-0.1, -0.05) is 0 Å². The number of rotatable bonds is 2. The Morgan fingerprint density at radius 3 is 2.81 bits per heavy atom. The van der Waals surface area contributed by atoms with Gasteiger partial charge in [0.2, 0.25) is 6.41 Å². The highest BCUT2D eigenvalue weighted by atomic mass is 16.2. The molecular formula is C10H9N3O3. The summed E-state index contributed by atoms with van der Waals surface area (Å²) >= 11 is 0. The van der Waals surface area contributed by atoms with Gasteiger partial charge in [-0.15, -0.1) is 0 Å². The number of hydrogen-bond donors (Lipinski definition) is 2. The van der Waals surface area contributed by atoms with Crippen LogP contribution in [-0.2, 0) is 11.8 Å². The number of nitrogens with one attached hydrogen (secondary N) is 2. The maximum Gasteiger partial charge on any atom is 0.316 e. The second-order valence-electron chi connectivity index (χ2n) is 3.31. The summed E-state index contributed by atoms with van der Waals surface area (Å²) < 4.78 is 1.26. The normalized spacial score (nSPS) is 10.3. The van der Waals surface area contributed by atoms with E-state index in [2.05, 4.69) is 10.3 Å². The number of aromatic amines is 1. The molecule has 6 nitrogen and oxygen atoms in total. The summed E-state index contributed by atoms with van der Waals surface area (Å²) in [5, 5.41) is 2.46. The quantitative estimate of drug-likeness (QED) is 0.541. The number of amides is 1. The molecule has 0 saturated heterocycles. The van der Waals surface area contributed by atoms with Gasteiger partial charge in [-0.05, 0) is 18.2 Å². The van der Waals surface area contributed by atoms with Gasteiger partial charge in [0.15, 0.2) is 0 Å². The minimum atomic E-state index is -0.682. The Kier molecular flexibility index (Phi) is 2.32. The lowest BCUT2D eigenvalue weighted by Crippen LogP contribution is -2.34. The molecule has 0 spiro atoms. The van der Waals surface area contributed by atoms with Crippen LogP contribution in [0.5, 0.6) is 0 Å². The van der Waals surface area contributed by atoms with Crippen LogP contribution >= 0.6 is 0 Å². The van der Waals surface area contributed by atoms with Crippen molar-refractivity contribution in [2.45, 2.75) is 0 Å². The van der Waals surface area contributed by atoms with Gasteiger partial charge in [0.25, 0.3) is 0 Å². The van der Waals surface area contributed by atoms with Crippen molar-refractivity contribution < 1.29 is 4.79 Å². The molecule has 0 aliphatic heterocycles. The largest absolute Gasteiger partial charge is 0.329 e. The SMILES string of the molecule is Cn1c(=O)c(=O)[nH]c2cc(NC=O)ccc21. The summed E-state index contributed by atoms with van der Waals surface area (Å²) in [6.45, 7) is 0. The molecule has 0 aliphatic carbocycles. The van der Waals surface area contributed by atoms with Crippen LogP contribution in [0, 0.1) is 0 Å². The topological polar surface area (TPSA) is 84.0 Å². The molecule has 6 heteroatoms. The van der Waals surface area contributed by atoms with Gasteiger partial charge < -0.3 is 14.9 Å².